The van der Waals surface area contributed by atoms with Crippen molar-refractivity contribution in [1.82, 2.24) is 15.2 Å². The third kappa shape index (κ3) is 1.43. The fourth-order valence-corrected chi connectivity index (χ4v) is 1.53. The first kappa shape index (κ1) is 7.93. The molecule has 0 aliphatic carbocycles. The molecule has 2 aromatic heterocycles. The molecular weight excluding hydrogens is 188 g/mol. The summed E-state index contributed by atoms with van der Waals surface area (Å²) in [5.74, 6) is -0.0229. The zero-order chi connectivity index (χ0) is 9.26. The molecule has 0 atom stereocenters. The number of carbonyl (C=O) groups excluding carboxylic acids is 1. The number of rotatable bonds is 2. The molecule has 2 rings (SSSR count). The highest BCUT2D eigenvalue weighted by atomic mass is 32.1. The molecule has 0 aliphatic rings. The average molecular weight is 194 g/mol. The van der Waals surface area contributed by atoms with Gasteiger partial charge in [-0.3, -0.25) is 9.89 Å². The van der Waals surface area contributed by atoms with E-state index in [1.54, 1.807) is 11.3 Å². The van der Waals surface area contributed by atoms with E-state index < -0.39 is 5.91 Å². The van der Waals surface area contributed by atoms with Gasteiger partial charge in [0, 0.05) is 10.9 Å². The van der Waals surface area contributed by atoms with Crippen LogP contribution in [-0.2, 0) is 0 Å². The largest absolute Gasteiger partial charge is 0.363 e. The van der Waals surface area contributed by atoms with Gasteiger partial charge in [0.2, 0.25) is 5.82 Å². The Morgan fingerprint density at radius 2 is 2.46 bits per heavy atom. The fourth-order valence-electron chi connectivity index (χ4n) is 0.893. The Morgan fingerprint density at radius 1 is 1.62 bits per heavy atom. The number of nitrogens with zero attached hydrogens (tertiary/aromatic N) is 2. The van der Waals surface area contributed by atoms with Crippen molar-refractivity contribution in [3.63, 3.8) is 0 Å². The van der Waals surface area contributed by atoms with Gasteiger partial charge in [0.25, 0.3) is 5.91 Å². The first-order valence-electron chi connectivity index (χ1n) is 3.52. The lowest BCUT2D eigenvalue weighted by atomic mass is 10.3. The van der Waals surface area contributed by atoms with E-state index in [0.29, 0.717) is 5.82 Å². The van der Waals surface area contributed by atoms with E-state index >= 15 is 0 Å². The standard InChI is InChI=1S/C7H6N4OS/c8-5(12)7-9-6(10-11-7)4-1-2-13-3-4/h1-3H,(H2,8,12)(H,9,10,11). The molecular formula is C7H6N4OS. The van der Waals surface area contributed by atoms with Gasteiger partial charge in [-0.05, 0) is 11.4 Å². The van der Waals surface area contributed by atoms with Gasteiger partial charge in [-0.1, -0.05) is 0 Å². The Kier molecular flexibility index (Phi) is 1.82. The highest BCUT2D eigenvalue weighted by Crippen LogP contribution is 2.17. The summed E-state index contributed by atoms with van der Waals surface area (Å²) < 4.78 is 0. The minimum Gasteiger partial charge on any atom is -0.363 e. The Labute approximate surface area is 77.6 Å². The number of hydrogen-bond acceptors (Lipinski definition) is 4. The van der Waals surface area contributed by atoms with E-state index in [4.69, 9.17) is 5.73 Å². The lowest BCUT2D eigenvalue weighted by molar-refractivity contribution is 0.0991. The summed E-state index contributed by atoms with van der Waals surface area (Å²) in [5, 5.41) is 10.1. The van der Waals surface area contributed by atoms with E-state index in [-0.39, 0.29) is 5.82 Å². The van der Waals surface area contributed by atoms with Crippen LogP contribution >= 0.6 is 11.3 Å². The summed E-state index contributed by atoms with van der Waals surface area (Å²) in [6, 6.07) is 1.87. The van der Waals surface area contributed by atoms with Gasteiger partial charge >= 0.3 is 0 Å². The number of hydrogen-bond donors (Lipinski definition) is 2. The van der Waals surface area contributed by atoms with E-state index in [0.717, 1.165) is 5.56 Å². The van der Waals surface area contributed by atoms with Gasteiger partial charge in [-0.15, -0.1) is 0 Å². The van der Waals surface area contributed by atoms with Crippen molar-refractivity contribution in [2.75, 3.05) is 0 Å². The predicted octanol–water partition coefficient (Wildman–Crippen LogP) is 0.632. The van der Waals surface area contributed by atoms with Gasteiger partial charge < -0.3 is 5.73 Å². The molecule has 2 aromatic rings. The monoisotopic (exact) mass is 194 g/mol. The molecule has 66 valence electrons. The second-order valence-corrected chi connectivity index (χ2v) is 3.16. The summed E-state index contributed by atoms with van der Waals surface area (Å²) in [6.45, 7) is 0. The lowest BCUT2D eigenvalue weighted by Gasteiger charge is -1.84. The predicted molar refractivity (Wildman–Crippen MR) is 48.2 cm³/mol. The van der Waals surface area contributed by atoms with Crippen molar-refractivity contribution in [3.8, 4) is 11.4 Å². The normalized spacial score (nSPS) is 10.2. The minimum absolute atomic E-state index is 0.0844. The molecule has 0 aliphatic heterocycles. The Bertz CT molecular complexity index is 419. The van der Waals surface area contributed by atoms with Gasteiger partial charge in [0.1, 0.15) is 0 Å². The summed E-state index contributed by atoms with van der Waals surface area (Å²) in [6.07, 6.45) is 0. The van der Waals surface area contributed by atoms with Crippen LogP contribution in [0.3, 0.4) is 0 Å². The summed E-state index contributed by atoms with van der Waals surface area (Å²) in [4.78, 5) is 14.6. The van der Waals surface area contributed by atoms with Crippen LogP contribution in [0.5, 0.6) is 0 Å². The third-order valence-electron chi connectivity index (χ3n) is 1.50. The van der Waals surface area contributed by atoms with Crippen molar-refractivity contribution in [2.45, 2.75) is 0 Å². The molecule has 6 heteroatoms. The number of aromatic amines is 1. The lowest BCUT2D eigenvalue weighted by Crippen LogP contribution is -2.12. The van der Waals surface area contributed by atoms with Crippen molar-refractivity contribution < 1.29 is 4.79 Å². The van der Waals surface area contributed by atoms with Crippen LogP contribution in [0, 0.1) is 0 Å². The smallest absolute Gasteiger partial charge is 0.286 e. The number of nitrogens with one attached hydrogen (secondary N) is 1. The number of carbonyl (C=O) groups is 1. The van der Waals surface area contributed by atoms with Crippen molar-refractivity contribution in [3.05, 3.63) is 22.7 Å². The molecule has 0 fully saturated rings. The maximum absolute atomic E-state index is 10.7. The molecule has 3 N–H and O–H groups in total. The average Bonchev–Trinajstić information content (AvgIpc) is 2.75. The molecule has 13 heavy (non-hydrogen) atoms. The van der Waals surface area contributed by atoms with Crippen LogP contribution in [0.15, 0.2) is 16.8 Å². The van der Waals surface area contributed by atoms with E-state index in [2.05, 4.69) is 15.2 Å². The molecule has 2 heterocycles. The molecule has 0 aromatic carbocycles. The second-order valence-electron chi connectivity index (χ2n) is 2.38. The van der Waals surface area contributed by atoms with E-state index in [1.807, 2.05) is 16.8 Å². The number of nitrogens with two attached hydrogens (primary N) is 1. The number of aromatic nitrogens is 3. The molecule has 0 radical (unpaired) electrons. The van der Waals surface area contributed by atoms with E-state index in [9.17, 15) is 4.79 Å². The third-order valence-corrected chi connectivity index (χ3v) is 2.18. The van der Waals surface area contributed by atoms with Crippen LogP contribution in [0.2, 0.25) is 0 Å². The van der Waals surface area contributed by atoms with Crippen molar-refractivity contribution in [2.24, 2.45) is 5.73 Å². The molecule has 0 spiro atoms. The number of primary amides is 1. The maximum Gasteiger partial charge on any atom is 0.286 e. The first-order chi connectivity index (χ1) is 6.27. The zero-order valence-corrected chi connectivity index (χ0v) is 7.34. The maximum atomic E-state index is 10.7. The zero-order valence-electron chi connectivity index (χ0n) is 6.52. The number of amides is 1. The molecule has 0 unspecified atom stereocenters. The summed E-state index contributed by atoms with van der Waals surface area (Å²) in [5.41, 5.74) is 5.89. The Balaban J connectivity index is 2.39. The Morgan fingerprint density at radius 3 is 3.00 bits per heavy atom. The van der Waals surface area contributed by atoms with Crippen molar-refractivity contribution >= 4 is 17.2 Å². The van der Waals surface area contributed by atoms with Gasteiger partial charge in [-0.2, -0.15) is 16.4 Å². The first-order valence-corrected chi connectivity index (χ1v) is 4.46. The fraction of sp³-hybridized carbons (Fsp3) is 0. The summed E-state index contributed by atoms with van der Waals surface area (Å²) >= 11 is 1.54. The SMILES string of the molecule is NC(=O)c1nc(-c2ccsc2)n[nH]1. The minimum atomic E-state index is -0.603. The van der Waals surface area contributed by atoms with Crippen molar-refractivity contribution in [1.29, 1.82) is 0 Å². The topological polar surface area (TPSA) is 84.7 Å². The molecule has 1 amide bonds. The molecule has 0 saturated heterocycles. The summed E-state index contributed by atoms with van der Waals surface area (Å²) in [7, 11) is 0. The number of thiophene rings is 1. The van der Waals surface area contributed by atoms with Crippen LogP contribution in [0.1, 0.15) is 10.6 Å². The molecule has 5 nitrogen and oxygen atoms in total. The number of H-pyrrole nitrogens is 1. The van der Waals surface area contributed by atoms with Gasteiger partial charge in [-0.25, -0.2) is 4.98 Å². The molecule has 0 bridgehead atoms. The second kappa shape index (κ2) is 2.98. The van der Waals surface area contributed by atoms with Crippen LogP contribution in [-0.4, -0.2) is 21.1 Å². The highest BCUT2D eigenvalue weighted by Gasteiger charge is 2.09. The van der Waals surface area contributed by atoms with Gasteiger partial charge in [0.15, 0.2) is 5.82 Å². The van der Waals surface area contributed by atoms with Crippen LogP contribution in [0.4, 0.5) is 0 Å². The van der Waals surface area contributed by atoms with Crippen LogP contribution < -0.4 is 5.73 Å². The van der Waals surface area contributed by atoms with E-state index in [1.165, 1.54) is 0 Å². The van der Waals surface area contributed by atoms with Gasteiger partial charge in [0.05, 0.1) is 0 Å². The Hall–Kier alpha value is -1.69. The molecule has 0 saturated carbocycles. The quantitative estimate of drug-likeness (QED) is 0.735. The highest BCUT2D eigenvalue weighted by molar-refractivity contribution is 7.08. The van der Waals surface area contributed by atoms with Crippen LogP contribution in [0.25, 0.3) is 11.4 Å².